The Bertz CT molecular complexity index is 1020. The third kappa shape index (κ3) is 3.75. The van der Waals surface area contributed by atoms with Gasteiger partial charge in [0.1, 0.15) is 17.7 Å². The zero-order valence-corrected chi connectivity index (χ0v) is 16.3. The second-order valence-corrected chi connectivity index (χ2v) is 6.98. The van der Waals surface area contributed by atoms with Gasteiger partial charge in [0.05, 0.1) is 11.7 Å². The monoisotopic (exact) mass is 373 g/mol. The highest BCUT2D eigenvalue weighted by Crippen LogP contribution is 2.27. The molecule has 1 unspecified atom stereocenters. The lowest BCUT2D eigenvalue weighted by Crippen LogP contribution is -2.22. The highest BCUT2D eigenvalue weighted by atomic mass is 16.5. The molecule has 0 saturated heterocycles. The molecule has 5 heteroatoms. The van der Waals surface area contributed by atoms with Crippen LogP contribution < -0.4 is 0 Å². The van der Waals surface area contributed by atoms with Crippen molar-refractivity contribution in [3.8, 4) is 22.6 Å². The smallest absolute Gasteiger partial charge is 0.226 e. The molecule has 0 fully saturated rings. The van der Waals surface area contributed by atoms with Gasteiger partial charge in [0.2, 0.25) is 5.89 Å². The summed E-state index contributed by atoms with van der Waals surface area (Å²) >= 11 is 0. The summed E-state index contributed by atoms with van der Waals surface area (Å²) in [6, 6.07) is 20.6. The molecule has 2 aromatic carbocycles. The SMILES string of the molecule is Cc1oc(-c2ccc(-c3ccccc3)cc2)nc1CN(C)C(C)c1ccon1. The molecule has 4 aromatic rings. The molecule has 0 spiro atoms. The molecular formula is C23H23N3O2. The number of oxazole rings is 1. The van der Waals surface area contributed by atoms with Crippen LogP contribution in [-0.4, -0.2) is 22.1 Å². The van der Waals surface area contributed by atoms with Gasteiger partial charge in [-0.3, -0.25) is 4.90 Å². The van der Waals surface area contributed by atoms with E-state index in [-0.39, 0.29) is 6.04 Å². The Morgan fingerprint density at radius 2 is 1.61 bits per heavy atom. The van der Waals surface area contributed by atoms with Crippen LogP contribution in [0.3, 0.4) is 0 Å². The fourth-order valence-corrected chi connectivity index (χ4v) is 3.17. The van der Waals surface area contributed by atoms with Crippen LogP contribution in [0.5, 0.6) is 0 Å². The summed E-state index contributed by atoms with van der Waals surface area (Å²) in [4.78, 5) is 6.91. The molecule has 2 aromatic heterocycles. The number of rotatable bonds is 6. The third-order valence-corrected chi connectivity index (χ3v) is 5.08. The van der Waals surface area contributed by atoms with E-state index >= 15 is 0 Å². The number of aromatic nitrogens is 2. The number of benzene rings is 2. The van der Waals surface area contributed by atoms with Crippen molar-refractivity contribution in [3.05, 3.63) is 84.1 Å². The number of nitrogens with zero attached hydrogens (tertiary/aromatic N) is 3. The van der Waals surface area contributed by atoms with E-state index in [1.54, 1.807) is 6.26 Å². The lowest BCUT2D eigenvalue weighted by atomic mass is 10.0. The Morgan fingerprint density at radius 3 is 2.29 bits per heavy atom. The van der Waals surface area contributed by atoms with Gasteiger partial charge in [-0.2, -0.15) is 0 Å². The summed E-state index contributed by atoms with van der Waals surface area (Å²) in [5.74, 6) is 1.48. The minimum Gasteiger partial charge on any atom is -0.441 e. The van der Waals surface area contributed by atoms with Gasteiger partial charge in [-0.05, 0) is 44.2 Å². The lowest BCUT2D eigenvalue weighted by molar-refractivity contribution is 0.237. The van der Waals surface area contributed by atoms with Crippen molar-refractivity contribution in [3.63, 3.8) is 0 Å². The second kappa shape index (κ2) is 7.82. The zero-order valence-electron chi connectivity index (χ0n) is 16.3. The first-order valence-electron chi connectivity index (χ1n) is 9.34. The van der Waals surface area contributed by atoms with Gasteiger partial charge < -0.3 is 8.94 Å². The number of aryl methyl sites for hydroxylation is 1. The molecule has 0 aliphatic heterocycles. The Kier molecular flexibility index (Phi) is 5.08. The van der Waals surface area contributed by atoms with Crippen LogP contribution in [0.2, 0.25) is 0 Å². The van der Waals surface area contributed by atoms with Gasteiger partial charge in [-0.1, -0.05) is 47.6 Å². The van der Waals surface area contributed by atoms with Gasteiger partial charge in [0.25, 0.3) is 0 Å². The molecule has 142 valence electrons. The predicted molar refractivity (Wildman–Crippen MR) is 108 cm³/mol. The van der Waals surface area contributed by atoms with Crippen molar-refractivity contribution in [2.75, 3.05) is 7.05 Å². The van der Waals surface area contributed by atoms with Gasteiger partial charge in [0, 0.05) is 18.2 Å². The second-order valence-electron chi connectivity index (χ2n) is 6.98. The summed E-state index contributed by atoms with van der Waals surface area (Å²) in [6.07, 6.45) is 1.60. The van der Waals surface area contributed by atoms with Gasteiger partial charge in [-0.25, -0.2) is 4.98 Å². The maximum Gasteiger partial charge on any atom is 0.226 e. The van der Waals surface area contributed by atoms with Crippen LogP contribution in [0.4, 0.5) is 0 Å². The first-order chi connectivity index (χ1) is 13.6. The van der Waals surface area contributed by atoms with Gasteiger partial charge >= 0.3 is 0 Å². The normalized spacial score (nSPS) is 12.4. The first kappa shape index (κ1) is 18.2. The molecule has 28 heavy (non-hydrogen) atoms. The van der Waals surface area contributed by atoms with E-state index in [4.69, 9.17) is 13.9 Å². The summed E-state index contributed by atoms with van der Waals surface area (Å²) in [6.45, 7) is 4.72. The average molecular weight is 373 g/mol. The van der Waals surface area contributed by atoms with Crippen molar-refractivity contribution < 1.29 is 8.94 Å². The van der Waals surface area contributed by atoms with Crippen LogP contribution in [0, 0.1) is 6.92 Å². The summed E-state index contributed by atoms with van der Waals surface area (Å²) in [5.41, 5.74) is 5.18. The maximum atomic E-state index is 5.95. The molecule has 1 atom stereocenters. The summed E-state index contributed by atoms with van der Waals surface area (Å²) < 4.78 is 10.9. The van der Waals surface area contributed by atoms with Gasteiger partial charge in [-0.15, -0.1) is 0 Å². The van der Waals surface area contributed by atoms with Gasteiger partial charge in [0.15, 0.2) is 0 Å². The van der Waals surface area contributed by atoms with E-state index in [1.165, 1.54) is 11.1 Å². The standard InChI is InChI=1S/C23H23N3O2/c1-16(21-13-14-27-25-21)26(3)15-22-17(2)28-23(24-22)20-11-9-19(10-12-20)18-7-5-4-6-8-18/h4-14,16H,15H2,1-3H3. The van der Waals surface area contributed by atoms with Crippen molar-refractivity contribution >= 4 is 0 Å². The largest absolute Gasteiger partial charge is 0.441 e. The zero-order chi connectivity index (χ0) is 19.5. The minimum atomic E-state index is 0.128. The first-order valence-corrected chi connectivity index (χ1v) is 9.34. The maximum absolute atomic E-state index is 5.95. The van der Waals surface area contributed by atoms with E-state index in [9.17, 15) is 0 Å². The Morgan fingerprint density at radius 1 is 0.929 bits per heavy atom. The van der Waals surface area contributed by atoms with E-state index in [2.05, 4.69) is 53.4 Å². The van der Waals surface area contributed by atoms with Crippen molar-refractivity contribution in [2.24, 2.45) is 0 Å². The highest BCUT2D eigenvalue weighted by Gasteiger charge is 2.19. The topological polar surface area (TPSA) is 55.3 Å². The molecule has 0 saturated carbocycles. The lowest BCUT2D eigenvalue weighted by Gasteiger charge is -2.21. The molecule has 0 N–H and O–H groups in total. The van der Waals surface area contributed by atoms with Crippen LogP contribution in [0.25, 0.3) is 22.6 Å². The Balaban J connectivity index is 1.51. The van der Waals surface area contributed by atoms with E-state index in [0.717, 1.165) is 22.7 Å². The fraction of sp³-hybridized carbons (Fsp3) is 0.217. The number of hydrogen-bond donors (Lipinski definition) is 0. The fourth-order valence-electron chi connectivity index (χ4n) is 3.17. The molecule has 0 radical (unpaired) electrons. The van der Waals surface area contributed by atoms with Crippen molar-refractivity contribution in [2.45, 2.75) is 26.4 Å². The predicted octanol–water partition coefficient (Wildman–Crippen LogP) is 5.50. The summed E-state index contributed by atoms with van der Waals surface area (Å²) in [7, 11) is 2.04. The summed E-state index contributed by atoms with van der Waals surface area (Å²) in [5, 5.41) is 4.03. The quantitative estimate of drug-likeness (QED) is 0.447. The highest BCUT2D eigenvalue weighted by molar-refractivity contribution is 5.67. The Hall–Kier alpha value is -3.18. The van der Waals surface area contributed by atoms with Crippen LogP contribution in [0.15, 0.2) is 75.9 Å². The molecule has 0 aliphatic carbocycles. The molecular weight excluding hydrogens is 350 g/mol. The molecule has 5 nitrogen and oxygen atoms in total. The third-order valence-electron chi connectivity index (χ3n) is 5.08. The van der Waals surface area contributed by atoms with Crippen molar-refractivity contribution in [1.82, 2.24) is 15.0 Å². The number of hydrogen-bond acceptors (Lipinski definition) is 5. The average Bonchev–Trinajstić information content (AvgIpc) is 3.39. The van der Waals surface area contributed by atoms with Crippen LogP contribution >= 0.6 is 0 Å². The van der Waals surface area contributed by atoms with E-state index < -0.39 is 0 Å². The molecule has 2 heterocycles. The van der Waals surface area contributed by atoms with Crippen LogP contribution in [0.1, 0.15) is 30.1 Å². The van der Waals surface area contributed by atoms with E-state index in [0.29, 0.717) is 12.4 Å². The molecule has 0 aliphatic rings. The molecule has 0 bridgehead atoms. The molecule has 4 rings (SSSR count). The Labute approximate surface area is 164 Å². The van der Waals surface area contributed by atoms with Crippen molar-refractivity contribution in [1.29, 1.82) is 0 Å². The van der Waals surface area contributed by atoms with Crippen LogP contribution in [-0.2, 0) is 6.54 Å². The van der Waals surface area contributed by atoms with E-state index in [1.807, 2.05) is 38.2 Å². The molecule has 0 amide bonds. The minimum absolute atomic E-state index is 0.128.